The van der Waals surface area contributed by atoms with Crippen molar-refractivity contribution in [1.82, 2.24) is 0 Å². The predicted octanol–water partition coefficient (Wildman–Crippen LogP) is 5.03. The van der Waals surface area contributed by atoms with Crippen molar-refractivity contribution >= 4 is 11.0 Å². The molecule has 0 radical (unpaired) electrons. The second-order valence-electron chi connectivity index (χ2n) is 6.65. The second-order valence-corrected chi connectivity index (χ2v) is 6.65. The number of halogens is 2. The second kappa shape index (κ2) is 8.97. The van der Waals surface area contributed by atoms with Crippen LogP contribution in [0, 0.1) is 0 Å². The number of ether oxygens (including phenoxy) is 1. The molecule has 28 heavy (non-hydrogen) atoms. The molecule has 148 valence electrons. The molecule has 1 heterocycles. The summed E-state index contributed by atoms with van der Waals surface area (Å²) >= 11 is 0. The van der Waals surface area contributed by atoms with Crippen molar-refractivity contribution in [3.8, 4) is 16.9 Å². The van der Waals surface area contributed by atoms with E-state index in [1.165, 1.54) is 0 Å². The van der Waals surface area contributed by atoms with Gasteiger partial charge in [0.05, 0.1) is 12.2 Å². The maximum atomic E-state index is 13.6. The summed E-state index contributed by atoms with van der Waals surface area (Å²) in [4.78, 5) is 12.3. The molecule has 1 N–H and O–H groups in total. The molecule has 0 spiro atoms. The Hall–Kier alpha value is -2.73. The summed E-state index contributed by atoms with van der Waals surface area (Å²) in [7, 11) is 0. The van der Waals surface area contributed by atoms with Crippen LogP contribution in [0.4, 0.5) is 8.78 Å². The summed E-state index contributed by atoms with van der Waals surface area (Å²) in [5.41, 5.74) is 1.20. The minimum atomic E-state index is -2.80. The van der Waals surface area contributed by atoms with Gasteiger partial charge in [-0.25, -0.2) is 13.6 Å². The topological polar surface area (TPSA) is 59.7 Å². The van der Waals surface area contributed by atoms with E-state index in [2.05, 4.69) is 0 Å². The average Bonchev–Trinajstić information content (AvgIpc) is 2.70. The van der Waals surface area contributed by atoms with E-state index in [1.807, 2.05) is 30.3 Å². The molecule has 0 amide bonds. The van der Waals surface area contributed by atoms with Gasteiger partial charge in [-0.1, -0.05) is 30.3 Å². The standard InChI is InChI=1S/C22H22F2O4/c23-22(24,10-4-12-25)11-5-13-27-18-9-8-17-14-19(16-6-2-1-3-7-16)21(26)28-20(17)15-18/h1-3,6-9,14-15,25H,4-5,10-13H2. The van der Waals surface area contributed by atoms with Gasteiger partial charge >= 0.3 is 5.63 Å². The number of hydrogen-bond acceptors (Lipinski definition) is 4. The van der Waals surface area contributed by atoms with E-state index in [-0.39, 0.29) is 38.9 Å². The molecule has 0 unspecified atom stereocenters. The van der Waals surface area contributed by atoms with Crippen LogP contribution < -0.4 is 10.4 Å². The number of aliphatic hydroxyl groups excluding tert-OH is 1. The summed E-state index contributed by atoms with van der Waals surface area (Å²) in [5.74, 6) is -2.34. The first-order valence-electron chi connectivity index (χ1n) is 9.23. The van der Waals surface area contributed by atoms with Gasteiger partial charge in [-0.15, -0.1) is 0 Å². The van der Waals surface area contributed by atoms with E-state index in [4.69, 9.17) is 14.3 Å². The van der Waals surface area contributed by atoms with E-state index in [0.29, 0.717) is 16.9 Å². The zero-order valence-corrected chi connectivity index (χ0v) is 15.4. The molecule has 0 aliphatic heterocycles. The lowest BCUT2D eigenvalue weighted by molar-refractivity contribution is -0.0254. The van der Waals surface area contributed by atoms with Gasteiger partial charge in [0.1, 0.15) is 11.3 Å². The zero-order chi connectivity index (χ0) is 20.0. The van der Waals surface area contributed by atoms with E-state index in [9.17, 15) is 13.6 Å². The largest absolute Gasteiger partial charge is 0.493 e. The van der Waals surface area contributed by atoms with Crippen LogP contribution in [0.2, 0.25) is 0 Å². The molecule has 3 rings (SSSR count). The first-order chi connectivity index (χ1) is 13.5. The Labute approximate surface area is 161 Å². The van der Waals surface area contributed by atoms with Crippen molar-refractivity contribution in [3.05, 3.63) is 65.0 Å². The van der Waals surface area contributed by atoms with Crippen molar-refractivity contribution < 1.29 is 23.0 Å². The highest BCUT2D eigenvalue weighted by Gasteiger charge is 2.27. The molecule has 0 fully saturated rings. The van der Waals surface area contributed by atoms with Crippen LogP contribution in [0.5, 0.6) is 5.75 Å². The lowest BCUT2D eigenvalue weighted by Gasteiger charge is -2.15. The fourth-order valence-corrected chi connectivity index (χ4v) is 2.98. The normalized spacial score (nSPS) is 11.7. The summed E-state index contributed by atoms with van der Waals surface area (Å²) in [5, 5.41) is 9.40. The summed E-state index contributed by atoms with van der Waals surface area (Å²) in [6, 6.07) is 16.1. The van der Waals surface area contributed by atoms with Crippen molar-refractivity contribution in [2.75, 3.05) is 13.2 Å². The molecule has 0 aliphatic carbocycles. The van der Waals surface area contributed by atoms with Crippen LogP contribution in [0.1, 0.15) is 25.7 Å². The van der Waals surface area contributed by atoms with Gasteiger partial charge in [0.2, 0.25) is 5.92 Å². The molecule has 0 aliphatic rings. The highest BCUT2D eigenvalue weighted by Crippen LogP contribution is 2.27. The first kappa shape index (κ1) is 20.0. The van der Waals surface area contributed by atoms with Crippen LogP contribution in [0.25, 0.3) is 22.1 Å². The summed E-state index contributed by atoms with van der Waals surface area (Å²) in [6.07, 6.45) is -0.347. The molecule has 0 atom stereocenters. The third-order valence-corrected chi connectivity index (χ3v) is 4.45. The molecule has 0 saturated carbocycles. The first-order valence-corrected chi connectivity index (χ1v) is 9.23. The van der Waals surface area contributed by atoms with Gasteiger partial charge in [0.15, 0.2) is 0 Å². The van der Waals surface area contributed by atoms with Crippen molar-refractivity contribution in [2.24, 2.45) is 0 Å². The van der Waals surface area contributed by atoms with Crippen molar-refractivity contribution in [3.63, 3.8) is 0 Å². The van der Waals surface area contributed by atoms with Crippen LogP contribution in [0.15, 0.2) is 63.8 Å². The number of fused-ring (bicyclic) bond motifs is 1. The Morgan fingerprint density at radius 2 is 1.75 bits per heavy atom. The Morgan fingerprint density at radius 1 is 1.00 bits per heavy atom. The van der Waals surface area contributed by atoms with Crippen LogP contribution in [0.3, 0.4) is 0 Å². The highest BCUT2D eigenvalue weighted by atomic mass is 19.3. The van der Waals surface area contributed by atoms with Crippen LogP contribution >= 0.6 is 0 Å². The summed E-state index contributed by atoms with van der Waals surface area (Å²) < 4.78 is 38.0. The minimum Gasteiger partial charge on any atom is -0.493 e. The van der Waals surface area contributed by atoms with Gasteiger partial charge in [-0.2, -0.15) is 0 Å². The maximum Gasteiger partial charge on any atom is 0.344 e. The molecule has 0 saturated heterocycles. The lowest BCUT2D eigenvalue weighted by Crippen LogP contribution is -2.17. The monoisotopic (exact) mass is 388 g/mol. The highest BCUT2D eigenvalue weighted by molar-refractivity contribution is 5.82. The SMILES string of the molecule is O=c1oc2cc(OCCCC(F)(F)CCCO)ccc2cc1-c1ccccc1. The van der Waals surface area contributed by atoms with E-state index in [1.54, 1.807) is 24.3 Å². The molecule has 0 bridgehead atoms. The molecule has 6 heteroatoms. The van der Waals surface area contributed by atoms with Gasteiger partial charge in [0, 0.05) is 30.9 Å². The van der Waals surface area contributed by atoms with Gasteiger partial charge in [0.25, 0.3) is 0 Å². The fraction of sp³-hybridized carbons (Fsp3) is 0.318. The van der Waals surface area contributed by atoms with E-state index >= 15 is 0 Å². The molecular formula is C22H22F2O4. The van der Waals surface area contributed by atoms with Gasteiger partial charge in [-0.05, 0) is 36.6 Å². The van der Waals surface area contributed by atoms with Crippen molar-refractivity contribution in [1.29, 1.82) is 0 Å². The fourth-order valence-electron chi connectivity index (χ4n) is 2.98. The minimum absolute atomic E-state index is 0.0858. The quantitative estimate of drug-likeness (QED) is 0.413. The van der Waals surface area contributed by atoms with Crippen LogP contribution in [-0.2, 0) is 0 Å². The number of aliphatic hydroxyl groups is 1. The Bertz CT molecular complexity index is 967. The zero-order valence-electron chi connectivity index (χ0n) is 15.4. The number of alkyl halides is 2. The average molecular weight is 388 g/mol. The van der Waals surface area contributed by atoms with E-state index in [0.717, 1.165) is 10.9 Å². The molecular weight excluding hydrogens is 366 g/mol. The number of benzene rings is 2. The third kappa shape index (κ3) is 5.16. The van der Waals surface area contributed by atoms with Crippen LogP contribution in [-0.4, -0.2) is 24.2 Å². The molecule has 3 aromatic rings. The van der Waals surface area contributed by atoms with Gasteiger partial charge < -0.3 is 14.3 Å². The number of hydrogen-bond donors (Lipinski definition) is 1. The lowest BCUT2D eigenvalue weighted by atomic mass is 10.1. The smallest absolute Gasteiger partial charge is 0.344 e. The van der Waals surface area contributed by atoms with Crippen molar-refractivity contribution in [2.45, 2.75) is 31.6 Å². The molecule has 2 aromatic carbocycles. The third-order valence-electron chi connectivity index (χ3n) is 4.45. The van der Waals surface area contributed by atoms with E-state index < -0.39 is 11.5 Å². The Kier molecular flexibility index (Phi) is 6.41. The van der Waals surface area contributed by atoms with Gasteiger partial charge in [-0.3, -0.25) is 0 Å². The maximum absolute atomic E-state index is 13.6. The number of rotatable bonds is 9. The summed E-state index contributed by atoms with van der Waals surface area (Å²) in [6.45, 7) is -0.104. The predicted molar refractivity (Wildman–Crippen MR) is 104 cm³/mol. The Balaban J connectivity index is 1.65. The molecule has 1 aromatic heterocycles. The Morgan fingerprint density at radius 3 is 2.50 bits per heavy atom. The molecule has 4 nitrogen and oxygen atoms in total.